The number of methoxy groups -OCH3 is 1. The van der Waals surface area contributed by atoms with Crippen LogP contribution in [-0.4, -0.2) is 33.5 Å². The number of fused-ring (bicyclic) bond motifs is 2. The first-order chi connectivity index (χ1) is 12.8. The van der Waals surface area contributed by atoms with E-state index in [1.54, 1.807) is 7.11 Å². The van der Waals surface area contributed by atoms with Crippen LogP contribution in [0.5, 0.6) is 5.75 Å². The summed E-state index contributed by atoms with van der Waals surface area (Å²) in [4.78, 5) is 22.8. The first kappa shape index (κ1) is 17.6. The summed E-state index contributed by atoms with van der Waals surface area (Å²) in [5, 5.41) is 1.01. The van der Waals surface area contributed by atoms with Crippen LogP contribution in [0, 0.1) is 0 Å². The maximum absolute atomic E-state index is 12.8. The molecule has 27 heavy (non-hydrogen) atoms. The summed E-state index contributed by atoms with van der Waals surface area (Å²) in [5.41, 5.74) is 1.80. The van der Waals surface area contributed by atoms with Gasteiger partial charge in [-0.1, -0.05) is 0 Å². The second kappa shape index (κ2) is 6.41. The number of ether oxygens (including phenoxy) is 1. The van der Waals surface area contributed by atoms with Crippen molar-refractivity contribution < 1.29 is 17.9 Å². The molecule has 6 nitrogen and oxygen atoms in total. The Labute approximate surface area is 152 Å². The SMILES string of the molecule is COc1ccc2[nH]cc(CN3CCc4nc(C(F)(F)F)[nH]c(=O)c4C3)c2c1. The van der Waals surface area contributed by atoms with Crippen molar-refractivity contribution in [3.8, 4) is 5.75 Å². The predicted molar refractivity (Wildman–Crippen MR) is 92.5 cm³/mol. The van der Waals surface area contributed by atoms with Gasteiger partial charge in [0.15, 0.2) is 0 Å². The molecule has 2 aromatic heterocycles. The molecule has 0 saturated carbocycles. The van der Waals surface area contributed by atoms with Gasteiger partial charge >= 0.3 is 6.18 Å². The normalized spacial score (nSPS) is 15.1. The fraction of sp³-hybridized carbons (Fsp3) is 0.333. The lowest BCUT2D eigenvalue weighted by atomic mass is 10.1. The Morgan fingerprint density at radius 2 is 2.15 bits per heavy atom. The number of aromatic amines is 2. The van der Waals surface area contributed by atoms with E-state index in [2.05, 4.69) is 9.97 Å². The molecule has 142 valence electrons. The van der Waals surface area contributed by atoms with Crippen LogP contribution in [0.15, 0.2) is 29.2 Å². The molecule has 0 aliphatic carbocycles. The smallest absolute Gasteiger partial charge is 0.449 e. The van der Waals surface area contributed by atoms with Gasteiger partial charge in [-0.3, -0.25) is 9.69 Å². The van der Waals surface area contributed by atoms with E-state index in [0.717, 1.165) is 22.2 Å². The second-order valence-corrected chi connectivity index (χ2v) is 6.52. The van der Waals surface area contributed by atoms with E-state index >= 15 is 0 Å². The van der Waals surface area contributed by atoms with E-state index in [1.165, 1.54) is 0 Å². The molecular formula is C18H17F3N4O2. The summed E-state index contributed by atoms with van der Waals surface area (Å²) in [6.45, 7) is 1.34. The van der Waals surface area contributed by atoms with Crippen LogP contribution in [0.1, 0.15) is 22.6 Å². The fourth-order valence-electron chi connectivity index (χ4n) is 3.41. The van der Waals surface area contributed by atoms with Crippen LogP contribution in [0.2, 0.25) is 0 Å². The molecule has 9 heteroatoms. The number of H-pyrrole nitrogens is 2. The molecule has 0 amide bonds. The van der Waals surface area contributed by atoms with E-state index in [0.29, 0.717) is 25.1 Å². The van der Waals surface area contributed by atoms with Gasteiger partial charge in [0, 0.05) is 43.2 Å². The second-order valence-electron chi connectivity index (χ2n) is 6.52. The minimum absolute atomic E-state index is 0.225. The van der Waals surface area contributed by atoms with E-state index in [9.17, 15) is 18.0 Å². The Kier molecular flexibility index (Phi) is 4.18. The molecule has 4 rings (SSSR count). The first-order valence-electron chi connectivity index (χ1n) is 8.41. The minimum Gasteiger partial charge on any atom is -0.497 e. The zero-order valence-corrected chi connectivity index (χ0v) is 14.5. The molecule has 0 radical (unpaired) electrons. The lowest BCUT2D eigenvalue weighted by molar-refractivity contribution is -0.145. The van der Waals surface area contributed by atoms with E-state index < -0.39 is 17.6 Å². The average Bonchev–Trinajstić information content (AvgIpc) is 3.03. The van der Waals surface area contributed by atoms with E-state index in [4.69, 9.17) is 4.74 Å². The van der Waals surface area contributed by atoms with Crippen molar-refractivity contribution in [2.45, 2.75) is 25.7 Å². The Hall–Kier alpha value is -2.81. The molecule has 0 unspecified atom stereocenters. The average molecular weight is 378 g/mol. The van der Waals surface area contributed by atoms with Gasteiger partial charge in [0.25, 0.3) is 5.56 Å². The number of benzene rings is 1. The Morgan fingerprint density at radius 1 is 1.33 bits per heavy atom. The molecule has 1 aliphatic heterocycles. The molecule has 1 aliphatic rings. The number of hydrogen-bond donors (Lipinski definition) is 2. The predicted octanol–water partition coefficient (Wildman–Crippen LogP) is 2.84. The Bertz CT molecular complexity index is 1050. The summed E-state index contributed by atoms with van der Waals surface area (Å²) < 4.78 is 43.7. The van der Waals surface area contributed by atoms with Crippen molar-refractivity contribution >= 4 is 10.9 Å². The number of rotatable bonds is 3. The zero-order chi connectivity index (χ0) is 19.2. The van der Waals surface area contributed by atoms with Crippen LogP contribution in [0.3, 0.4) is 0 Å². The van der Waals surface area contributed by atoms with Gasteiger partial charge in [-0.25, -0.2) is 4.98 Å². The summed E-state index contributed by atoms with van der Waals surface area (Å²) in [7, 11) is 1.60. The van der Waals surface area contributed by atoms with Crippen LogP contribution in [0.25, 0.3) is 10.9 Å². The zero-order valence-electron chi connectivity index (χ0n) is 14.5. The molecule has 2 N–H and O–H groups in total. The lowest BCUT2D eigenvalue weighted by Crippen LogP contribution is -2.36. The van der Waals surface area contributed by atoms with E-state index in [-0.39, 0.29) is 12.2 Å². The van der Waals surface area contributed by atoms with Gasteiger partial charge in [0.1, 0.15) is 5.75 Å². The van der Waals surface area contributed by atoms with Gasteiger partial charge in [-0.15, -0.1) is 0 Å². The van der Waals surface area contributed by atoms with Crippen molar-refractivity contribution in [3.63, 3.8) is 0 Å². The Balaban J connectivity index is 1.60. The number of aromatic nitrogens is 3. The monoisotopic (exact) mass is 378 g/mol. The first-order valence-corrected chi connectivity index (χ1v) is 8.41. The van der Waals surface area contributed by atoms with Crippen LogP contribution >= 0.6 is 0 Å². The molecule has 0 spiro atoms. The quantitative estimate of drug-likeness (QED) is 0.735. The van der Waals surface area contributed by atoms with Gasteiger partial charge in [0.05, 0.1) is 18.4 Å². The Morgan fingerprint density at radius 3 is 2.89 bits per heavy atom. The molecule has 0 bridgehead atoms. The third kappa shape index (κ3) is 3.30. The molecule has 0 fully saturated rings. The van der Waals surface area contributed by atoms with Gasteiger partial charge in [-0.2, -0.15) is 13.2 Å². The number of nitrogens with one attached hydrogen (secondary N) is 2. The molecule has 0 atom stereocenters. The third-order valence-corrected chi connectivity index (χ3v) is 4.78. The number of halogens is 3. The van der Waals surface area contributed by atoms with Crippen LogP contribution in [0.4, 0.5) is 13.2 Å². The summed E-state index contributed by atoms with van der Waals surface area (Å²) in [5.74, 6) is -0.490. The molecule has 3 heterocycles. The number of nitrogens with zero attached hydrogens (tertiary/aromatic N) is 2. The summed E-state index contributed by atoms with van der Waals surface area (Å²) in [6, 6.07) is 5.72. The van der Waals surface area contributed by atoms with Gasteiger partial charge < -0.3 is 14.7 Å². The standard InChI is InChI=1S/C18H17F3N4O2/c1-27-11-2-3-14-12(6-11)10(7-22-14)8-25-5-4-15-13(9-25)16(26)24-17(23-15)18(19,20)21/h2-3,6-7,22H,4-5,8-9H2,1H3,(H,23,24,26). The highest BCUT2D eigenvalue weighted by Gasteiger charge is 2.36. The fourth-order valence-corrected chi connectivity index (χ4v) is 3.41. The van der Waals surface area contributed by atoms with Gasteiger partial charge in [-0.05, 0) is 23.8 Å². The molecular weight excluding hydrogens is 361 g/mol. The van der Waals surface area contributed by atoms with Crippen LogP contribution < -0.4 is 10.3 Å². The van der Waals surface area contributed by atoms with Crippen molar-refractivity contribution in [1.82, 2.24) is 19.9 Å². The maximum atomic E-state index is 12.8. The number of alkyl halides is 3. The topological polar surface area (TPSA) is 74.0 Å². The van der Waals surface area contributed by atoms with Crippen molar-refractivity contribution in [1.29, 1.82) is 0 Å². The van der Waals surface area contributed by atoms with Gasteiger partial charge in [0.2, 0.25) is 5.82 Å². The van der Waals surface area contributed by atoms with Crippen molar-refractivity contribution in [2.24, 2.45) is 0 Å². The minimum atomic E-state index is -4.66. The largest absolute Gasteiger partial charge is 0.497 e. The van der Waals surface area contributed by atoms with Crippen LogP contribution in [-0.2, 0) is 25.7 Å². The molecule has 1 aromatic carbocycles. The molecule has 3 aromatic rings. The number of hydrogen-bond acceptors (Lipinski definition) is 4. The highest BCUT2D eigenvalue weighted by molar-refractivity contribution is 5.84. The summed E-state index contributed by atoms with van der Waals surface area (Å²) >= 11 is 0. The van der Waals surface area contributed by atoms with Crippen molar-refractivity contribution in [2.75, 3.05) is 13.7 Å². The molecule has 0 saturated heterocycles. The summed E-state index contributed by atoms with van der Waals surface area (Å²) in [6.07, 6.45) is -2.46. The maximum Gasteiger partial charge on any atom is 0.449 e. The highest BCUT2D eigenvalue weighted by atomic mass is 19.4. The third-order valence-electron chi connectivity index (χ3n) is 4.78. The van der Waals surface area contributed by atoms with Crippen molar-refractivity contribution in [3.05, 3.63) is 57.4 Å². The lowest BCUT2D eigenvalue weighted by Gasteiger charge is -2.27. The van der Waals surface area contributed by atoms with E-state index in [1.807, 2.05) is 34.3 Å². The highest BCUT2D eigenvalue weighted by Crippen LogP contribution is 2.28.